The lowest BCUT2D eigenvalue weighted by Gasteiger charge is -2.38. The first-order chi connectivity index (χ1) is 16.0. The number of nitrogens with zero attached hydrogens (tertiary/aromatic N) is 1. The van der Waals surface area contributed by atoms with E-state index in [1.165, 1.54) is 44.4 Å². The molecule has 0 N–H and O–H groups in total. The summed E-state index contributed by atoms with van der Waals surface area (Å²) in [5, 5.41) is 2.56. The topological polar surface area (TPSA) is 3.24 Å². The van der Waals surface area contributed by atoms with Crippen molar-refractivity contribution in [3.05, 3.63) is 121 Å². The third-order valence-electron chi connectivity index (χ3n) is 6.13. The Hall–Kier alpha value is -3.84. The number of hydrogen-bond donors (Lipinski definition) is 0. The molecule has 0 saturated heterocycles. The van der Waals surface area contributed by atoms with Crippen LogP contribution in [0.2, 0.25) is 0 Å². The van der Waals surface area contributed by atoms with Crippen LogP contribution in [0.15, 0.2) is 121 Å². The van der Waals surface area contributed by atoms with Gasteiger partial charge in [-0.15, -0.1) is 0 Å². The van der Waals surface area contributed by atoms with Crippen LogP contribution in [0.1, 0.15) is 20.8 Å². The molecule has 1 nitrogen and oxygen atoms in total. The van der Waals surface area contributed by atoms with Crippen LogP contribution >= 0.6 is 0 Å². The third kappa shape index (κ3) is 4.27. The van der Waals surface area contributed by atoms with E-state index >= 15 is 0 Å². The van der Waals surface area contributed by atoms with Crippen LogP contribution in [0.4, 0.5) is 11.4 Å². The summed E-state index contributed by atoms with van der Waals surface area (Å²) >= 11 is 0. The maximum absolute atomic E-state index is 2.41. The van der Waals surface area contributed by atoms with Gasteiger partial charge in [0.05, 0.1) is 0 Å². The van der Waals surface area contributed by atoms with Crippen LogP contribution in [0, 0.1) is 0 Å². The lowest BCUT2D eigenvalue weighted by molar-refractivity contribution is 0.560. The van der Waals surface area contributed by atoms with Crippen LogP contribution in [0.25, 0.3) is 33.0 Å². The van der Waals surface area contributed by atoms with Crippen molar-refractivity contribution in [3.8, 4) is 22.3 Å². The van der Waals surface area contributed by atoms with Gasteiger partial charge in [0.25, 0.3) is 0 Å². The van der Waals surface area contributed by atoms with Crippen molar-refractivity contribution in [2.75, 3.05) is 4.90 Å². The molecule has 0 atom stereocenters. The Morgan fingerprint density at radius 2 is 0.970 bits per heavy atom. The second-order valence-electron chi connectivity index (χ2n) is 9.49. The highest BCUT2D eigenvalue weighted by atomic mass is 15.2. The van der Waals surface area contributed by atoms with Crippen LogP contribution in [-0.4, -0.2) is 5.54 Å². The maximum atomic E-state index is 2.41. The van der Waals surface area contributed by atoms with Gasteiger partial charge < -0.3 is 4.90 Å². The van der Waals surface area contributed by atoms with E-state index in [4.69, 9.17) is 0 Å². The predicted octanol–water partition coefficient (Wildman–Crippen LogP) is 9.11. The molecule has 0 aliphatic carbocycles. The summed E-state index contributed by atoms with van der Waals surface area (Å²) in [4.78, 5) is 2.41. The van der Waals surface area contributed by atoms with Gasteiger partial charge in [0.1, 0.15) is 0 Å². The van der Waals surface area contributed by atoms with E-state index < -0.39 is 0 Å². The molecular weight excluding hydrogens is 398 g/mol. The fourth-order valence-electron chi connectivity index (χ4n) is 4.62. The molecule has 0 saturated carbocycles. The average molecular weight is 428 g/mol. The highest BCUT2D eigenvalue weighted by Crippen LogP contribution is 2.36. The molecule has 0 aliphatic heterocycles. The van der Waals surface area contributed by atoms with E-state index in [-0.39, 0.29) is 5.54 Å². The molecule has 0 amide bonds. The van der Waals surface area contributed by atoms with Crippen molar-refractivity contribution in [2.24, 2.45) is 0 Å². The van der Waals surface area contributed by atoms with Gasteiger partial charge in [-0.05, 0) is 78.1 Å². The zero-order valence-electron chi connectivity index (χ0n) is 19.5. The van der Waals surface area contributed by atoms with Gasteiger partial charge in [0.2, 0.25) is 0 Å². The quantitative estimate of drug-likeness (QED) is 0.276. The largest absolute Gasteiger partial charge is 0.336 e. The lowest BCUT2D eigenvalue weighted by Crippen LogP contribution is -2.37. The molecule has 5 rings (SSSR count). The van der Waals surface area contributed by atoms with Crippen molar-refractivity contribution in [1.29, 1.82) is 0 Å². The zero-order chi connectivity index (χ0) is 22.8. The van der Waals surface area contributed by atoms with E-state index in [1.807, 2.05) is 0 Å². The summed E-state index contributed by atoms with van der Waals surface area (Å²) in [7, 11) is 0. The number of benzene rings is 5. The molecule has 0 spiro atoms. The molecule has 33 heavy (non-hydrogen) atoms. The molecule has 0 fully saturated rings. The molecule has 0 aliphatic rings. The van der Waals surface area contributed by atoms with Crippen LogP contribution in [0.3, 0.4) is 0 Å². The summed E-state index contributed by atoms with van der Waals surface area (Å²) in [6.07, 6.45) is 0. The number of fused-ring (bicyclic) bond motifs is 1. The minimum absolute atomic E-state index is 0.0603. The molecule has 0 radical (unpaired) electrons. The lowest BCUT2D eigenvalue weighted by atomic mass is 9.97. The second-order valence-corrected chi connectivity index (χ2v) is 9.49. The van der Waals surface area contributed by atoms with E-state index in [9.17, 15) is 0 Å². The number of anilines is 2. The van der Waals surface area contributed by atoms with Gasteiger partial charge in [-0.1, -0.05) is 97.1 Å². The first-order valence-corrected chi connectivity index (χ1v) is 11.5. The Morgan fingerprint density at radius 3 is 1.61 bits per heavy atom. The first kappa shape index (κ1) is 21.0. The standard InChI is InChI=1S/C32H29N/c1-32(2,3)33(28-20-16-25(17-21-28)24-10-5-4-6-11-24)29-22-18-27(19-23-29)31-15-9-13-26-12-7-8-14-30(26)31/h4-23H,1-3H3. The second kappa shape index (κ2) is 8.60. The molecule has 5 aromatic carbocycles. The van der Waals surface area contributed by atoms with Crippen molar-refractivity contribution < 1.29 is 0 Å². The van der Waals surface area contributed by atoms with E-state index in [1.54, 1.807) is 0 Å². The molecule has 0 aromatic heterocycles. The molecule has 0 unspecified atom stereocenters. The van der Waals surface area contributed by atoms with Crippen LogP contribution in [-0.2, 0) is 0 Å². The molecular formula is C32H29N. The SMILES string of the molecule is CC(C)(C)N(c1ccc(-c2ccccc2)cc1)c1ccc(-c2cccc3ccccc23)cc1. The van der Waals surface area contributed by atoms with Crippen LogP contribution < -0.4 is 4.90 Å². The first-order valence-electron chi connectivity index (χ1n) is 11.5. The van der Waals surface area contributed by atoms with Gasteiger partial charge in [-0.2, -0.15) is 0 Å². The maximum Gasteiger partial charge on any atom is 0.0416 e. The number of rotatable bonds is 4. The monoisotopic (exact) mass is 427 g/mol. The predicted molar refractivity (Wildman–Crippen MR) is 143 cm³/mol. The molecule has 162 valence electrons. The summed E-state index contributed by atoms with van der Waals surface area (Å²) in [5.41, 5.74) is 7.32. The smallest absolute Gasteiger partial charge is 0.0416 e. The fourth-order valence-corrected chi connectivity index (χ4v) is 4.62. The summed E-state index contributed by atoms with van der Waals surface area (Å²) < 4.78 is 0. The molecule has 1 heteroatoms. The minimum atomic E-state index is -0.0603. The number of hydrogen-bond acceptors (Lipinski definition) is 1. The van der Waals surface area contributed by atoms with Gasteiger partial charge in [-0.25, -0.2) is 0 Å². The van der Waals surface area contributed by atoms with Gasteiger partial charge >= 0.3 is 0 Å². The van der Waals surface area contributed by atoms with E-state index in [0.29, 0.717) is 0 Å². The Kier molecular flexibility index (Phi) is 5.48. The highest BCUT2D eigenvalue weighted by Gasteiger charge is 2.23. The van der Waals surface area contributed by atoms with Gasteiger partial charge in [0.15, 0.2) is 0 Å². The molecule has 0 bridgehead atoms. The minimum Gasteiger partial charge on any atom is -0.336 e. The van der Waals surface area contributed by atoms with Gasteiger partial charge in [0, 0.05) is 16.9 Å². The Labute approximate surface area is 197 Å². The van der Waals surface area contributed by atoms with Crippen molar-refractivity contribution in [1.82, 2.24) is 0 Å². The van der Waals surface area contributed by atoms with Crippen molar-refractivity contribution >= 4 is 22.1 Å². The Balaban J connectivity index is 1.50. The normalized spacial score (nSPS) is 11.5. The summed E-state index contributed by atoms with van der Waals surface area (Å²) in [6, 6.07) is 43.5. The van der Waals surface area contributed by atoms with Gasteiger partial charge in [-0.3, -0.25) is 0 Å². The van der Waals surface area contributed by atoms with Crippen molar-refractivity contribution in [3.63, 3.8) is 0 Å². The third-order valence-corrected chi connectivity index (χ3v) is 6.13. The Bertz CT molecular complexity index is 1350. The zero-order valence-corrected chi connectivity index (χ0v) is 19.5. The molecule has 5 aromatic rings. The van der Waals surface area contributed by atoms with E-state index in [2.05, 4.69) is 147 Å². The summed E-state index contributed by atoms with van der Waals surface area (Å²) in [5.74, 6) is 0. The van der Waals surface area contributed by atoms with Crippen LogP contribution in [0.5, 0.6) is 0 Å². The highest BCUT2D eigenvalue weighted by molar-refractivity contribution is 5.96. The van der Waals surface area contributed by atoms with E-state index in [0.717, 1.165) is 0 Å². The van der Waals surface area contributed by atoms with Crippen molar-refractivity contribution in [2.45, 2.75) is 26.3 Å². The summed E-state index contributed by atoms with van der Waals surface area (Å²) in [6.45, 7) is 6.78. The molecule has 0 heterocycles. The fraction of sp³-hybridized carbons (Fsp3) is 0.125. The Morgan fingerprint density at radius 1 is 0.455 bits per heavy atom. The average Bonchev–Trinajstić information content (AvgIpc) is 2.84.